The molecule has 0 radical (unpaired) electrons. The second-order valence-corrected chi connectivity index (χ2v) is 5.13. The molecule has 0 bridgehead atoms. The molecule has 2 aromatic rings. The first-order valence-electron chi connectivity index (χ1n) is 6.04. The smallest absolute Gasteiger partial charge is 0.201 e. The average Bonchev–Trinajstić information content (AvgIpc) is 2.63. The fourth-order valence-corrected chi connectivity index (χ4v) is 2.49. The molecule has 5 nitrogen and oxygen atoms in total. The van der Waals surface area contributed by atoms with E-state index in [1.54, 1.807) is 4.57 Å². The minimum absolute atomic E-state index is 0.467. The largest absolute Gasteiger partial charge is 0.490 e. The van der Waals surface area contributed by atoms with Gasteiger partial charge in [-0.3, -0.25) is 0 Å². The minimum atomic E-state index is 0.467. The molecule has 2 heterocycles. The molecule has 0 atom stereocenters. The summed E-state index contributed by atoms with van der Waals surface area (Å²) in [5.74, 6) is 2.00. The SMILES string of the molecule is Cn1c(N)nc(-c2ccc3c(c2)OCCCO3)c1Br. The fourth-order valence-electron chi connectivity index (χ4n) is 1.99. The quantitative estimate of drug-likeness (QED) is 0.876. The predicted molar refractivity (Wildman–Crippen MR) is 76.4 cm³/mol. The van der Waals surface area contributed by atoms with Crippen LogP contribution >= 0.6 is 15.9 Å². The first kappa shape index (κ1) is 12.3. The van der Waals surface area contributed by atoms with E-state index in [1.165, 1.54) is 0 Å². The lowest BCUT2D eigenvalue weighted by Gasteiger charge is -2.08. The molecule has 1 aromatic carbocycles. The molecule has 100 valence electrons. The summed E-state index contributed by atoms with van der Waals surface area (Å²) in [6.07, 6.45) is 0.893. The third-order valence-corrected chi connectivity index (χ3v) is 3.99. The van der Waals surface area contributed by atoms with E-state index in [9.17, 15) is 0 Å². The molecule has 3 rings (SSSR count). The predicted octanol–water partition coefficient (Wildman–Crippen LogP) is 2.59. The number of anilines is 1. The summed E-state index contributed by atoms with van der Waals surface area (Å²) in [4.78, 5) is 4.35. The maximum absolute atomic E-state index is 5.81. The van der Waals surface area contributed by atoms with Crippen LogP contribution in [-0.4, -0.2) is 22.8 Å². The van der Waals surface area contributed by atoms with Crippen molar-refractivity contribution in [3.8, 4) is 22.8 Å². The minimum Gasteiger partial charge on any atom is -0.490 e. The van der Waals surface area contributed by atoms with Crippen molar-refractivity contribution in [2.75, 3.05) is 18.9 Å². The Morgan fingerprint density at radius 2 is 2.00 bits per heavy atom. The molecule has 0 amide bonds. The molecule has 0 unspecified atom stereocenters. The number of imidazole rings is 1. The zero-order valence-corrected chi connectivity index (χ0v) is 12.1. The number of hydrogen-bond donors (Lipinski definition) is 1. The maximum atomic E-state index is 5.81. The highest BCUT2D eigenvalue weighted by atomic mass is 79.9. The van der Waals surface area contributed by atoms with E-state index < -0.39 is 0 Å². The van der Waals surface area contributed by atoms with Gasteiger partial charge in [0.15, 0.2) is 11.5 Å². The first-order valence-corrected chi connectivity index (χ1v) is 6.84. The van der Waals surface area contributed by atoms with Gasteiger partial charge in [-0.25, -0.2) is 4.98 Å². The van der Waals surface area contributed by atoms with E-state index in [2.05, 4.69) is 20.9 Å². The Bertz CT molecular complexity index is 625. The molecule has 0 fully saturated rings. The second kappa shape index (κ2) is 4.77. The molecule has 2 N–H and O–H groups in total. The van der Waals surface area contributed by atoms with Crippen molar-refractivity contribution in [2.45, 2.75) is 6.42 Å². The number of halogens is 1. The third-order valence-electron chi connectivity index (χ3n) is 3.08. The number of ether oxygens (including phenoxy) is 2. The van der Waals surface area contributed by atoms with Crippen LogP contribution in [0.1, 0.15) is 6.42 Å². The number of nitrogens with two attached hydrogens (primary N) is 1. The van der Waals surface area contributed by atoms with Gasteiger partial charge in [0.2, 0.25) is 5.95 Å². The van der Waals surface area contributed by atoms with E-state index in [0.29, 0.717) is 19.2 Å². The van der Waals surface area contributed by atoms with Crippen molar-refractivity contribution in [1.82, 2.24) is 9.55 Å². The van der Waals surface area contributed by atoms with Crippen LogP contribution in [0.2, 0.25) is 0 Å². The highest BCUT2D eigenvalue weighted by molar-refractivity contribution is 9.10. The van der Waals surface area contributed by atoms with E-state index in [-0.39, 0.29) is 0 Å². The molecule has 1 aromatic heterocycles. The van der Waals surface area contributed by atoms with Crippen LogP contribution in [-0.2, 0) is 7.05 Å². The monoisotopic (exact) mass is 323 g/mol. The maximum Gasteiger partial charge on any atom is 0.201 e. The zero-order valence-electron chi connectivity index (χ0n) is 10.5. The number of nitrogens with zero attached hydrogens (tertiary/aromatic N) is 2. The second-order valence-electron chi connectivity index (χ2n) is 4.38. The summed E-state index contributed by atoms with van der Waals surface area (Å²) in [5.41, 5.74) is 7.56. The molecule has 0 saturated heterocycles. The van der Waals surface area contributed by atoms with E-state index in [0.717, 1.165) is 33.8 Å². The van der Waals surface area contributed by atoms with Crippen LogP contribution in [0.25, 0.3) is 11.3 Å². The van der Waals surface area contributed by atoms with Crippen LogP contribution < -0.4 is 15.2 Å². The molecular formula is C13H14BrN3O2. The van der Waals surface area contributed by atoms with Crippen LogP contribution in [0.15, 0.2) is 22.8 Å². The highest BCUT2D eigenvalue weighted by Gasteiger charge is 2.16. The van der Waals surface area contributed by atoms with Gasteiger partial charge in [-0.2, -0.15) is 0 Å². The summed E-state index contributed by atoms with van der Waals surface area (Å²) >= 11 is 3.50. The third kappa shape index (κ3) is 2.16. The Morgan fingerprint density at radius 3 is 2.68 bits per heavy atom. The lowest BCUT2D eigenvalue weighted by molar-refractivity contribution is 0.297. The molecule has 19 heavy (non-hydrogen) atoms. The molecular weight excluding hydrogens is 310 g/mol. The van der Waals surface area contributed by atoms with E-state index in [4.69, 9.17) is 15.2 Å². The van der Waals surface area contributed by atoms with Crippen molar-refractivity contribution in [3.63, 3.8) is 0 Å². The summed E-state index contributed by atoms with van der Waals surface area (Å²) in [6.45, 7) is 1.36. The van der Waals surface area contributed by atoms with Gasteiger partial charge in [0.05, 0.1) is 13.2 Å². The number of hydrogen-bond acceptors (Lipinski definition) is 4. The van der Waals surface area contributed by atoms with E-state index >= 15 is 0 Å². The van der Waals surface area contributed by atoms with Gasteiger partial charge in [0.25, 0.3) is 0 Å². The van der Waals surface area contributed by atoms with Gasteiger partial charge >= 0.3 is 0 Å². The summed E-state index contributed by atoms with van der Waals surface area (Å²) in [5, 5.41) is 0. The van der Waals surface area contributed by atoms with Crippen LogP contribution in [0.3, 0.4) is 0 Å². The lowest BCUT2D eigenvalue weighted by Crippen LogP contribution is -1.97. The van der Waals surface area contributed by atoms with Crippen LogP contribution in [0.5, 0.6) is 11.5 Å². The lowest BCUT2D eigenvalue weighted by atomic mass is 10.1. The molecule has 0 aliphatic carbocycles. The first-order chi connectivity index (χ1) is 9.16. The van der Waals surface area contributed by atoms with Crippen molar-refractivity contribution in [3.05, 3.63) is 22.8 Å². The number of fused-ring (bicyclic) bond motifs is 1. The Kier molecular flexibility index (Phi) is 3.10. The van der Waals surface area contributed by atoms with E-state index in [1.807, 2.05) is 25.2 Å². The summed E-state index contributed by atoms with van der Waals surface area (Å²) < 4.78 is 13.9. The number of aromatic nitrogens is 2. The van der Waals surface area contributed by atoms with Gasteiger partial charge in [0, 0.05) is 19.0 Å². The number of rotatable bonds is 1. The Hall–Kier alpha value is -1.69. The number of benzene rings is 1. The van der Waals surface area contributed by atoms with Crippen LogP contribution in [0, 0.1) is 0 Å². The topological polar surface area (TPSA) is 62.3 Å². The summed E-state index contributed by atoms with van der Waals surface area (Å²) in [7, 11) is 1.86. The Labute approximate surface area is 119 Å². The normalized spacial score (nSPS) is 14.2. The molecule has 1 aliphatic heterocycles. The molecule has 1 aliphatic rings. The molecule has 0 spiro atoms. The van der Waals surface area contributed by atoms with Crippen molar-refractivity contribution in [1.29, 1.82) is 0 Å². The average molecular weight is 324 g/mol. The molecule has 6 heteroatoms. The standard InChI is InChI=1S/C13H14BrN3O2/c1-17-12(14)11(16-13(17)15)8-3-4-9-10(7-8)19-6-2-5-18-9/h3-4,7H,2,5-6H2,1H3,(H2,15,16). The molecule has 0 saturated carbocycles. The Morgan fingerprint density at radius 1 is 1.26 bits per heavy atom. The Balaban J connectivity index is 2.06. The van der Waals surface area contributed by atoms with Gasteiger partial charge in [0.1, 0.15) is 10.3 Å². The van der Waals surface area contributed by atoms with Crippen LogP contribution in [0.4, 0.5) is 5.95 Å². The van der Waals surface area contributed by atoms with Gasteiger partial charge in [-0.15, -0.1) is 0 Å². The van der Waals surface area contributed by atoms with Gasteiger partial charge < -0.3 is 19.8 Å². The van der Waals surface area contributed by atoms with Crippen molar-refractivity contribution in [2.24, 2.45) is 7.05 Å². The summed E-state index contributed by atoms with van der Waals surface area (Å²) in [6, 6.07) is 5.81. The van der Waals surface area contributed by atoms with Crippen molar-refractivity contribution >= 4 is 21.9 Å². The van der Waals surface area contributed by atoms with Gasteiger partial charge in [-0.05, 0) is 34.1 Å². The van der Waals surface area contributed by atoms with Crippen molar-refractivity contribution < 1.29 is 9.47 Å². The van der Waals surface area contributed by atoms with Gasteiger partial charge in [-0.1, -0.05) is 0 Å². The zero-order chi connectivity index (χ0) is 13.4. The fraction of sp³-hybridized carbons (Fsp3) is 0.308. The highest BCUT2D eigenvalue weighted by Crippen LogP contribution is 2.36. The number of nitrogen functional groups attached to an aromatic ring is 1.